The van der Waals surface area contributed by atoms with Gasteiger partial charge >= 0.3 is 0 Å². The van der Waals surface area contributed by atoms with Gasteiger partial charge in [0.15, 0.2) is 16.1 Å². The van der Waals surface area contributed by atoms with E-state index in [9.17, 15) is 10.2 Å². The summed E-state index contributed by atoms with van der Waals surface area (Å²) in [6.45, 7) is 2.00. The van der Waals surface area contributed by atoms with Crippen molar-refractivity contribution >= 4 is 34.9 Å². The third kappa shape index (κ3) is 4.62. The van der Waals surface area contributed by atoms with Crippen LogP contribution in [0.3, 0.4) is 0 Å². The molecule has 0 aromatic carbocycles. The lowest BCUT2D eigenvalue weighted by Gasteiger charge is -2.19. The lowest BCUT2D eigenvalue weighted by atomic mass is 10.2. The number of nitrogens with two attached hydrogens (primary N) is 1. The summed E-state index contributed by atoms with van der Waals surface area (Å²) in [5.41, 5.74) is 6.11. The molecule has 1 saturated carbocycles. The first kappa shape index (κ1) is 19.5. The van der Waals surface area contributed by atoms with Crippen LogP contribution in [0.2, 0.25) is 5.15 Å². The molecule has 1 fully saturated rings. The SMILES string of the molecule is CCCSc1nc(Cl)c(N)c(N[C@H]2C[C@@H](OCCO)[C@H](O)[C@@H]2O)n1. The third-order valence-electron chi connectivity index (χ3n) is 3.69. The molecule has 1 aromatic rings. The lowest BCUT2D eigenvalue weighted by Crippen LogP contribution is -2.36. The minimum absolute atomic E-state index is 0.0977. The van der Waals surface area contributed by atoms with Crippen LogP contribution in [0, 0.1) is 0 Å². The molecular weight excluding hydrogens is 356 g/mol. The molecule has 1 aliphatic rings. The molecule has 24 heavy (non-hydrogen) atoms. The Balaban J connectivity index is 2.10. The number of hydrogen-bond acceptors (Lipinski definition) is 9. The van der Waals surface area contributed by atoms with Gasteiger partial charge in [0.25, 0.3) is 0 Å². The fourth-order valence-corrected chi connectivity index (χ4v) is 3.39. The number of ether oxygens (including phenoxy) is 1. The Bertz CT molecular complexity index is 554. The maximum atomic E-state index is 10.2. The average Bonchev–Trinajstić information content (AvgIpc) is 2.83. The number of aliphatic hydroxyl groups excluding tert-OH is 3. The molecule has 0 radical (unpaired) electrons. The summed E-state index contributed by atoms with van der Waals surface area (Å²) in [4.78, 5) is 8.46. The molecule has 8 nitrogen and oxygen atoms in total. The summed E-state index contributed by atoms with van der Waals surface area (Å²) in [5, 5.41) is 32.7. The smallest absolute Gasteiger partial charge is 0.191 e. The highest BCUT2D eigenvalue weighted by atomic mass is 35.5. The van der Waals surface area contributed by atoms with Gasteiger partial charge in [-0.25, -0.2) is 9.97 Å². The Labute approximate surface area is 149 Å². The summed E-state index contributed by atoms with van der Waals surface area (Å²) >= 11 is 7.51. The van der Waals surface area contributed by atoms with Gasteiger partial charge in [-0.15, -0.1) is 0 Å². The standard InChI is InChI=1S/C14H23ClN4O4S/c1-2-5-24-14-18-12(15)9(16)13(19-14)17-7-6-8(23-4-3-20)11(22)10(7)21/h7-8,10-11,20-22H,2-6,16H2,1H3,(H,17,18,19)/t7-,8+,10+,11-/m0/s1. The zero-order chi connectivity index (χ0) is 17.7. The molecule has 0 bridgehead atoms. The van der Waals surface area contributed by atoms with Crippen LogP contribution >= 0.6 is 23.4 Å². The second kappa shape index (κ2) is 9.02. The molecular formula is C14H23ClN4O4S. The Morgan fingerprint density at radius 1 is 1.38 bits per heavy atom. The molecule has 0 saturated heterocycles. The fourth-order valence-electron chi connectivity index (χ4n) is 2.47. The normalized spacial score (nSPS) is 26.7. The molecule has 1 aliphatic carbocycles. The second-order valence-corrected chi connectivity index (χ2v) is 6.93. The predicted octanol–water partition coefficient (Wildman–Crippen LogP) is 0.498. The highest BCUT2D eigenvalue weighted by Gasteiger charge is 2.42. The van der Waals surface area contributed by atoms with Crippen LogP contribution in [0.4, 0.5) is 11.5 Å². The lowest BCUT2D eigenvalue weighted by molar-refractivity contribution is -0.0612. The van der Waals surface area contributed by atoms with Gasteiger partial charge in [0.05, 0.1) is 25.4 Å². The predicted molar refractivity (Wildman–Crippen MR) is 93.3 cm³/mol. The number of nitrogen functional groups attached to an aromatic ring is 1. The van der Waals surface area contributed by atoms with Crippen molar-refractivity contribution in [1.29, 1.82) is 0 Å². The van der Waals surface area contributed by atoms with E-state index in [4.69, 9.17) is 27.2 Å². The number of aromatic nitrogens is 2. The largest absolute Gasteiger partial charge is 0.394 e. The van der Waals surface area contributed by atoms with Gasteiger partial charge in [-0.05, 0) is 12.8 Å². The molecule has 1 aromatic heterocycles. The summed E-state index contributed by atoms with van der Waals surface area (Å²) in [7, 11) is 0. The number of rotatable bonds is 8. The van der Waals surface area contributed by atoms with Gasteiger partial charge in [-0.1, -0.05) is 30.3 Å². The molecule has 136 valence electrons. The first-order valence-electron chi connectivity index (χ1n) is 7.78. The van der Waals surface area contributed by atoms with Crippen LogP contribution in [0.5, 0.6) is 0 Å². The highest BCUT2D eigenvalue weighted by molar-refractivity contribution is 7.99. The van der Waals surface area contributed by atoms with Gasteiger partial charge in [0.2, 0.25) is 0 Å². The van der Waals surface area contributed by atoms with Crippen molar-refractivity contribution in [3.63, 3.8) is 0 Å². The van der Waals surface area contributed by atoms with E-state index >= 15 is 0 Å². The fraction of sp³-hybridized carbons (Fsp3) is 0.714. The van der Waals surface area contributed by atoms with Crippen molar-refractivity contribution in [1.82, 2.24) is 9.97 Å². The van der Waals surface area contributed by atoms with E-state index in [1.165, 1.54) is 11.8 Å². The maximum Gasteiger partial charge on any atom is 0.191 e. The molecule has 0 spiro atoms. The van der Waals surface area contributed by atoms with E-state index in [0.717, 1.165) is 12.2 Å². The zero-order valence-electron chi connectivity index (χ0n) is 13.4. The molecule has 6 N–H and O–H groups in total. The topological polar surface area (TPSA) is 134 Å². The number of hydrogen-bond donors (Lipinski definition) is 5. The van der Waals surface area contributed by atoms with Crippen LogP contribution in [0.25, 0.3) is 0 Å². The second-order valence-electron chi connectivity index (χ2n) is 5.51. The van der Waals surface area contributed by atoms with Crippen molar-refractivity contribution in [2.75, 3.05) is 30.0 Å². The minimum atomic E-state index is -1.05. The van der Waals surface area contributed by atoms with Crippen LogP contribution in [0.1, 0.15) is 19.8 Å². The van der Waals surface area contributed by atoms with E-state index in [1.807, 2.05) is 6.92 Å². The number of aliphatic hydroxyl groups is 3. The van der Waals surface area contributed by atoms with Crippen LogP contribution in [-0.4, -0.2) is 68.6 Å². The summed E-state index contributed by atoms with van der Waals surface area (Å²) < 4.78 is 5.34. The summed E-state index contributed by atoms with van der Waals surface area (Å²) in [6, 6.07) is -0.499. The van der Waals surface area contributed by atoms with Gasteiger partial charge in [-0.2, -0.15) is 0 Å². The van der Waals surface area contributed by atoms with Crippen LogP contribution in [0.15, 0.2) is 5.16 Å². The Kier molecular flexibility index (Phi) is 7.33. The van der Waals surface area contributed by atoms with Crippen molar-refractivity contribution in [3.8, 4) is 0 Å². The summed E-state index contributed by atoms with van der Waals surface area (Å²) in [6.07, 6.45) is -1.36. The van der Waals surface area contributed by atoms with Crippen molar-refractivity contribution in [2.24, 2.45) is 0 Å². The average molecular weight is 379 g/mol. The van der Waals surface area contributed by atoms with Crippen LogP contribution < -0.4 is 11.1 Å². The van der Waals surface area contributed by atoms with Crippen LogP contribution in [-0.2, 0) is 4.74 Å². The monoisotopic (exact) mass is 378 g/mol. The van der Waals surface area contributed by atoms with Gasteiger partial charge in [-0.3, -0.25) is 0 Å². The molecule has 0 amide bonds. The first-order valence-corrected chi connectivity index (χ1v) is 9.15. The Hall–Kier alpha value is -0.840. The van der Waals surface area contributed by atoms with E-state index in [1.54, 1.807) is 0 Å². The number of nitrogens with one attached hydrogen (secondary N) is 1. The van der Waals surface area contributed by atoms with E-state index in [2.05, 4.69) is 15.3 Å². The van der Waals surface area contributed by atoms with E-state index in [0.29, 0.717) is 17.4 Å². The first-order chi connectivity index (χ1) is 11.5. The number of halogens is 1. The quantitative estimate of drug-likeness (QED) is 0.249. The molecule has 0 unspecified atom stereocenters. The van der Waals surface area contributed by atoms with E-state index in [-0.39, 0.29) is 24.1 Å². The van der Waals surface area contributed by atoms with Gasteiger partial charge in [0.1, 0.15) is 17.9 Å². The number of anilines is 2. The summed E-state index contributed by atoms with van der Waals surface area (Å²) in [5.74, 6) is 1.18. The highest BCUT2D eigenvalue weighted by Crippen LogP contribution is 2.31. The van der Waals surface area contributed by atoms with E-state index < -0.39 is 24.4 Å². The third-order valence-corrected chi connectivity index (χ3v) is 5.03. The van der Waals surface area contributed by atoms with Gasteiger partial charge in [0, 0.05) is 5.75 Å². The Morgan fingerprint density at radius 3 is 2.79 bits per heavy atom. The molecule has 2 rings (SSSR count). The number of nitrogens with zero attached hydrogens (tertiary/aromatic N) is 2. The van der Waals surface area contributed by atoms with Crippen molar-refractivity contribution in [3.05, 3.63) is 5.15 Å². The molecule has 4 atom stereocenters. The molecule has 0 aliphatic heterocycles. The van der Waals surface area contributed by atoms with Crippen molar-refractivity contribution < 1.29 is 20.1 Å². The molecule has 10 heteroatoms. The Morgan fingerprint density at radius 2 is 2.12 bits per heavy atom. The van der Waals surface area contributed by atoms with Crippen molar-refractivity contribution in [2.45, 2.75) is 49.3 Å². The zero-order valence-corrected chi connectivity index (χ0v) is 14.9. The minimum Gasteiger partial charge on any atom is -0.394 e. The maximum absolute atomic E-state index is 10.2. The molecule has 1 heterocycles. The number of thioether (sulfide) groups is 1. The van der Waals surface area contributed by atoms with Gasteiger partial charge < -0.3 is 31.1 Å².